The second kappa shape index (κ2) is 55.5. The maximum atomic E-state index is 3.25. The van der Waals surface area contributed by atoms with E-state index in [0.29, 0.717) is 0 Å². The van der Waals surface area contributed by atoms with Crippen LogP contribution < -0.4 is 0 Å². The van der Waals surface area contributed by atoms with E-state index in [1.807, 2.05) is 0 Å². The molecule has 0 bridgehead atoms. The average molecular weight is 202 g/mol. The summed E-state index contributed by atoms with van der Waals surface area (Å²) in [6.07, 6.45) is 0. The van der Waals surface area contributed by atoms with E-state index < -0.39 is 0 Å². The Hall–Kier alpha value is 1.35. The van der Waals surface area contributed by atoms with Gasteiger partial charge in [0, 0.05) is 40.8 Å². The predicted molar refractivity (Wildman–Crippen MR) is 22.1 cm³/mol. The molecule has 0 saturated heterocycles. The van der Waals surface area contributed by atoms with Crippen LogP contribution in [0, 0.1) is 54.7 Å². The number of hydrogen-bond acceptors (Lipinski definition) is 0. The third kappa shape index (κ3) is 32.9. The van der Waals surface area contributed by atoms with E-state index in [1.54, 1.807) is 13.8 Å². The molecule has 0 unspecified atom stereocenters. The van der Waals surface area contributed by atoms with Crippen LogP contribution in [-0.4, -0.2) is 0 Å². The minimum Gasteiger partial charge on any atom is -0.346 e. The molecular formula is C4H10Nd-2. The van der Waals surface area contributed by atoms with Gasteiger partial charge in [-0.25, -0.2) is 0 Å². The molecule has 32 valence electrons. The first-order valence-corrected chi connectivity index (χ1v) is 1.41. The molecule has 0 aromatic carbocycles. The summed E-state index contributed by atoms with van der Waals surface area (Å²) in [5, 5.41) is 0. The zero-order chi connectivity index (χ0) is 4.00. The standard InChI is InChI=1S/2C2H5.Nd/c2*1-2;/h2*1H2,2H3;/q2*-1;. The second-order valence-corrected chi connectivity index (χ2v) is 0. The molecular weight excluding hydrogens is 192 g/mol. The van der Waals surface area contributed by atoms with Gasteiger partial charge in [-0.2, -0.15) is 13.8 Å². The molecule has 0 aromatic rings. The van der Waals surface area contributed by atoms with E-state index >= 15 is 0 Å². The summed E-state index contributed by atoms with van der Waals surface area (Å²) < 4.78 is 0. The molecule has 0 radical (unpaired) electrons. The molecule has 1 heteroatoms. The van der Waals surface area contributed by atoms with Crippen LogP contribution in [0.1, 0.15) is 13.8 Å². The number of rotatable bonds is 0. The van der Waals surface area contributed by atoms with Gasteiger partial charge in [0.25, 0.3) is 0 Å². The smallest absolute Gasteiger partial charge is 0 e. The van der Waals surface area contributed by atoms with E-state index in [1.165, 1.54) is 0 Å². The van der Waals surface area contributed by atoms with Crippen LogP contribution in [-0.2, 0) is 0 Å². The van der Waals surface area contributed by atoms with Crippen molar-refractivity contribution in [2.24, 2.45) is 0 Å². The molecule has 5 heavy (non-hydrogen) atoms. The molecule has 0 aliphatic rings. The van der Waals surface area contributed by atoms with Gasteiger partial charge in [0.2, 0.25) is 0 Å². The fourth-order valence-electron chi connectivity index (χ4n) is 0. The van der Waals surface area contributed by atoms with Crippen LogP contribution in [0.5, 0.6) is 0 Å². The summed E-state index contributed by atoms with van der Waals surface area (Å²) in [5.74, 6) is 0. The zero-order valence-corrected chi connectivity index (χ0v) is 7.12. The van der Waals surface area contributed by atoms with Gasteiger partial charge in [0.05, 0.1) is 0 Å². The molecule has 0 fully saturated rings. The Balaban J connectivity index is -0.0000000133. The summed E-state index contributed by atoms with van der Waals surface area (Å²) in [6.45, 7) is 10.0. The fraction of sp³-hybridized carbons (Fsp3) is 0.500. The molecule has 0 heterocycles. The topological polar surface area (TPSA) is 0 Å². The molecule has 0 spiro atoms. The molecule has 0 aromatic heterocycles. The molecule has 0 N–H and O–H groups in total. The van der Waals surface area contributed by atoms with Gasteiger partial charge >= 0.3 is 0 Å². The first-order valence-electron chi connectivity index (χ1n) is 1.41. The first-order chi connectivity index (χ1) is 2.00. The third-order valence-corrected chi connectivity index (χ3v) is 0. The van der Waals surface area contributed by atoms with Crippen molar-refractivity contribution in [2.75, 3.05) is 0 Å². The van der Waals surface area contributed by atoms with Crippen LogP contribution in [0.4, 0.5) is 0 Å². The van der Waals surface area contributed by atoms with Gasteiger partial charge < -0.3 is 13.8 Å². The molecule has 0 aliphatic carbocycles. The van der Waals surface area contributed by atoms with Crippen LogP contribution in [0.2, 0.25) is 0 Å². The second-order valence-electron chi connectivity index (χ2n) is 0. The minimum absolute atomic E-state index is 0. The summed E-state index contributed by atoms with van der Waals surface area (Å²) in [6, 6.07) is 0. The Kier molecular flexibility index (Phi) is 180. The van der Waals surface area contributed by atoms with Crippen molar-refractivity contribution in [2.45, 2.75) is 13.8 Å². The van der Waals surface area contributed by atoms with Crippen molar-refractivity contribution in [1.29, 1.82) is 0 Å². The van der Waals surface area contributed by atoms with Crippen LogP contribution >= 0.6 is 0 Å². The largest absolute Gasteiger partial charge is 0.346 e. The minimum atomic E-state index is 0. The predicted octanol–water partition coefficient (Wildman–Crippen LogP) is 1.68. The maximum Gasteiger partial charge on any atom is 0 e. The summed E-state index contributed by atoms with van der Waals surface area (Å²) >= 11 is 0. The van der Waals surface area contributed by atoms with E-state index in [4.69, 9.17) is 0 Å². The quantitative estimate of drug-likeness (QED) is 0.524. The summed E-state index contributed by atoms with van der Waals surface area (Å²) in [7, 11) is 0. The van der Waals surface area contributed by atoms with Crippen LogP contribution in [0.3, 0.4) is 0 Å². The van der Waals surface area contributed by atoms with Gasteiger partial charge in [0.15, 0.2) is 0 Å². The van der Waals surface area contributed by atoms with E-state index in [0.717, 1.165) is 0 Å². The number of hydrogen-bond donors (Lipinski definition) is 0. The van der Waals surface area contributed by atoms with E-state index in [2.05, 4.69) is 13.8 Å². The average Bonchev–Trinajstić information content (AvgIpc) is 1.50. The zero-order valence-electron chi connectivity index (χ0n) is 3.91. The van der Waals surface area contributed by atoms with Crippen molar-refractivity contribution < 1.29 is 40.8 Å². The Morgan fingerprint density at radius 2 is 0.800 bits per heavy atom. The van der Waals surface area contributed by atoms with E-state index in [9.17, 15) is 0 Å². The van der Waals surface area contributed by atoms with Gasteiger partial charge in [-0.1, -0.05) is 0 Å². The van der Waals surface area contributed by atoms with E-state index in [-0.39, 0.29) is 40.8 Å². The Morgan fingerprint density at radius 3 is 0.800 bits per heavy atom. The van der Waals surface area contributed by atoms with Gasteiger partial charge in [-0.05, 0) is 0 Å². The Labute approximate surface area is 67.9 Å². The summed E-state index contributed by atoms with van der Waals surface area (Å²) in [5.41, 5.74) is 0. The molecule has 0 aliphatic heterocycles. The fourth-order valence-corrected chi connectivity index (χ4v) is 0. The van der Waals surface area contributed by atoms with Gasteiger partial charge in [0.1, 0.15) is 0 Å². The van der Waals surface area contributed by atoms with Crippen LogP contribution in [0.25, 0.3) is 0 Å². The molecule has 0 saturated carbocycles. The monoisotopic (exact) mass is 200 g/mol. The maximum absolute atomic E-state index is 3.25. The molecule has 0 rings (SSSR count). The Morgan fingerprint density at radius 1 is 0.800 bits per heavy atom. The van der Waals surface area contributed by atoms with Gasteiger partial charge in [-0.15, -0.1) is 0 Å². The summed E-state index contributed by atoms with van der Waals surface area (Å²) in [4.78, 5) is 0. The van der Waals surface area contributed by atoms with Crippen molar-refractivity contribution in [3.05, 3.63) is 13.8 Å². The van der Waals surface area contributed by atoms with Crippen molar-refractivity contribution in [3.8, 4) is 0 Å². The SMILES string of the molecule is [CH2-]C.[CH2-]C.[Nd]. The van der Waals surface area contributed by atoms with Gasteiger partial charge in [-0.3, -0.25) is 0 Å². The molecule has 0 nitrogen and oxygen atoms in total. The van der Waals surface area contributed by atoms with Crippen LogP contribution in [0.15, 0.2) is 0 Å². The van der Waals surface area contributed by atoms with Crippen molar-refractivity contribution in [3.63, 3.8) is 0 Å². The Bertz CT molecular complexity index is 3.61. The first kappa shape index (κ1) is 16.2. The molecule has 0 atom stereocenters. The molecule has 0 amide bonds. The van der Waals surface area contributed by atoms with Crippen molar-refractivity contribution >= 4 is 0 Å². The normalized spacial score (nSPS) is 2.40. The third-order valence-electron chi connectivity index (χ3n) is 0. The van der Waals surface area contributed by atoms with Crippen molar-refractivity contribution in [1.82, 2.24) is 0 Å².